The van der Waals surface area contributed by atoms with Crippen LogP contribution in [0.15, 0.2) is 72.9 Å². The van der Waals surface area contributed by atoms with Crippen molar-refractivity contribution in [2.45, 2.75) is 13.2 Å². The highest BCUT2D eigenvalue weighted by Crippen LogP contribution is 2.25. The predicted octanol–water partition coefficient (Wildman–Crippen LogP) is 3.79. The van der Waals surface area contributed by atoms with Crippen molar-refractivity contribution >= 4 is 0 Å². The molecule has 0 aliphatic rings. The number of nitrogens with two attached hydrogens (primary N) is 1. The minimum absolute atomic E-state index is 0.471. The summed E-state index contributed by atoms with van der Waals surface area (Å²) < 4.78 is 5.87. The molecular formula is C19H18N2O. The summed E-state index contributed by atoms with van der Waals surface area (Å²) in [5.74, 6) is 0.829. The largest absolute Gasteiger partial charge is 0.489 e. The van der Waals surface area contributed by atoms with Crippen molar-refractivity contribution in [3.63, 3.8) is 0 Å². The van der Waals surface area contributed by atoms with Gasteiger partial charge in [-0.3, -0.25) is 4.98 Å². The van der Waals surface area contributed by atoms with Crippen LogP contribution in [0.3, 0.4) is 0 Å². The van der Waals surface area contributed by atoms with Crippen molar-refractivity contribution in [2.75, 3.05) is 0 Å². The number of benzene rings is 2. The van der Waals surface area contributed by atoms with Crippen LogP contribution in [0, 0.1) is 0 Å². The summed E-state index contributed by atoms with van der Waals surface area (Å²) in [5.41, 5.74) is 9.90. The number of ether oxygens (including phenoxy) is 1. The molecule has 0 aliphatic carbocycles. The van der Waals surface area contributed by atoms with Crippen LogP contribution in [0.1, 0.15) is 11.1 Å². The summed E-state index contributed by atoms with van der Waals surface area (Å²) in [5, 5.41) is 0. The van der Waals surface area contributed by atoms with E-state index < -0.39 is 0 Å². The Bertz CT molecular complexity index is 741. The van der Waals surface area contributed by atoms with Gasteiger partial charge < -0.3 is 10.5 Å². The van der Waals surface area contributed by atoms with Gasteiger partial charge in [0.05, 0.1) is 5.69 Å². The lowest BCUT2D eigenvalue weighted by molar-refractivity contribution is 0.306. The van der Waals surface area contributed by atoms with E-state index in [0.29, 0.717) is 13.2 Å². The lowest BCUT2D eigenvalue weighted by Gasteiger charge is -2.10. The van der Waals surface area contributed by atoms with Crippen molar-refractivity contribution in [3.8, 4) is 17.0 Å². The Morgan fingerprint density at radius 2 is 1.77 bits per heavy atom. The molecular weight excluding hydrogens is 272 g/mol. The number of hydrogen-bond acceptors (Lipinski definition) is 3. The molecule has 2 aromatic carbocycles. The lowest BCUT2D eigenvalue weighted by atomic mass is 10.1. The van der Waals surface area contributed by atoms with Crippen LogP contribution in [0.25, 0.3) is 11.3 Å². The van der Waals surface area contributed by atoms with Gasteiger partial charge in [-0.2, -0.15) is 0 Å². The fraction of sp³-hybridized carbons (Fsp3) is 0.105. The lowest BCUT2D eigenvalue weighted by Crippen LogP contribution is -2.00. The van der Waals surface area contributed by atoms with Crippen LogP contribution >= 0.6 is 0 Å². The Labute approximate surface area is 130 Å². The number of aromatic nitrogens is 1. The summed E-state index contributed by atoms with van der Waals surface area (Å²) in [6.07, 6.45) is 1.78. The maximum atomic E-state index is 5.87. The average molecular weight is 290 g/mol. The summed E-state index contributed by atoms with van der Waals surface area (Å²) in [7, 11) is 0. The molecule has 3 rings (SSSR count). The Morgan fingerprint density at radius 3 is 2.59 bits per heavy atom. The molecule has 0 unspecified atom stereocenters. The molecule has 3 heteroatoms. The third-order valence-corrected chi connectivity index (χ3v) is 3.47. The van der Waals surface area contributed by atoms with E-state index in [4.69, 9.17) is 10.5 Å². The molecule has 110 valence electrons. The third-order valence-electron chi connectivity index (χ3n) is 3.47. The van der Waals surface area contributed by atoms with Crippen LogP contribution in [-0.4, -0.2) is 4.98 Å². The van der Waals surface area contributed by atoms with Gasteiger partial charge in [0.25, 0.3) is 0 Å². The van der Waals surface area contributed by atoms with E-state index in [2.05, 4.69) is 17.1 Å². The molecule has 0 amide bonds. The molecule has 0 radical (unpaired) electrons. The number of hydrogen-bond donors (Lipinski definition) is 1. The monoisotopic (exact) mass is 290 g/mol. The first kappa shape index (κ1) is 14.3. The zero-order valence-corrected chi connectivity index (χ0v) is 12.3. The zero-order valence-electron chi connectivity index (χ0n) is 12.3. The number of pyridine rings is 1. The van der Waals surface area contributed by atoms with Crippen LogP contribution in [0.5, 0.6) is 5.75 Å². The predicted molar refractivity (Wildman–Crippen MR) is 88.3 cm³/mol. The van der Waals surface area contributed by atoms with Crippen LogP contribution in [-0.2, 0) is 13.2 Å². The van der Waals surface area contributed by atoms with E-state index in [9.17, 15) is 0 Å². The smallest absolute Gasteiger partial charge is 0.120 e. The minimum Gasteiger partial charge on any atom is -0.489 e. The molecule has 0 spiro atoms. The quantitative estimate of drug-likeness (QED) is 0.777. The van der Waals surface area contributed by atoms with Crippen molar-refractivity contribution in [1.29, 1.82) is 0 Å². The molecule has 22 heavy (non-hydrogen) atoms. The van der Waals surface area contributed by atoms with Crippen molar-refractivity contribution < 1.29 is 4.74 Å². The van der Waals surface area contributed by atoms with Gasteiger partial charge in [0, 0.05) is 18.3 Å². The molecule has 1 heterocycles. The molecule has 1 aromatic heterocycles. The standard InChI is InChI=1S/C19H18N2O/c20-13-17-9-5-11-21-19(17)16-8-4-10-18(12-16)22-14-15-6-2-1-3-7-15/h1-12H,13-14,20H2. The molecule has 3 aromatic rings. The van der Waals surface area contributed by atoms with Crippen molar-refractivity contribution in [1.82, 2.24) is 4.98 Å². The van der Waals surface area contributed by atoms with Gasteiger partial charge in [-0.1, -0.05) is 48.5 Å². The fourth-order valence-corrected chi connectivity index (χ4v) is 2.34. The maximum Gasteiger partial charge on any atom is 0.120 e. The van der Waals surface area contributed by atoms with Gasteiger partial charge >= 0.3 is 0 Å². The van der Waals surface area contributed by atoms with Crippen molar-refractivity contribution in [3.05, 3.63) is 84.1 Å². The van der Waals surface area contributed by atoms with Crippen LogP contribution in [0.2, 0.25) is 0 Å². The van der Waals surface area contributed by atoms with Gasteiger partial charge in [0.15, 0.2) is 0 Å². The van der Waals surface area contributed by atoms with E-state index in [-0.39, 0.29) is 0 Å². The van der Waals surface area contributed by atoms with Gasteiger partial charge in [-0.15, -0.1) is 0 Å². The van der Waals surface area contributed by atoms with E-state index in [0.717, 1.165) is 28.1 Å². The molecule has 2 N–H and O–H groups in total. The normalized spacial score (nSPS) is 10.4. The Kier molecular flexibility index (Phi) is 4.47. The molecule has 3 nitrogen and oxygen atoms in total. The Morgan fingerprint density at radius 1 is 0.909 bits per heavy atom. The van der Waals surface area contributed by atoms with Gasteiger partial charge in [-0.05, 0) is 29.3 Å². The van der Waals surface area contributed by atoms with E-state index >= 15 is 0 Å². The number of rotatable bonds is 5. The van der Waals surface area contributed by atoms with E-state index in [1.54, 1.807) is 6.20 Å². The minimum atomic E-state index is 0.471. The summed E-state index contributed by atoms with van der Waals surface area (Å²) in [6.45, 7) is 1.02. The molecule has 0 atom stereocenters. The first-order valence-corrected chi connectivity index (χ1v) is 7.28. The summed E-state index contributed by atoms with van der Waals surface area (Å²) >= 11 is 0. The average Bonchev–Trinajstić information content (AvgIpc) is 2.61. The summed E-state index contributed by atoms with van der Waals surface area (Å²) in [4.78, 5) is 4.44. The van der Waals surface area contributed by atoms with E-state index in [1.807, 2.05) is 54.6 Å². The third kappa shape index (κ3) is 3.32. The van der Waals surface area contributed by atoms with Crippen molar-refractivity contribution in [2.24, 2.45) is 5.73 Å². The zero-order chi connectivity index (χ0) is 15.2. The maximum absolute atomic E-state index is 5.87. The highest BCUT2D eigenvalue weighted by molar-refractivity contribution is 5.64. The van der Waals surface area contributed by atoms with Gasteiger partial charge in [-0.25, -0.2) is 0 Å². The first-order chi connectivity index (χ1) is 10.9. The van der Waals surface area contributed by atoms with E-state index in [1.165, 1.54) is 0 Å². The van der Waals surface area contributed by atoms with Crippen LogP contribution in [0.4, 0.5) is 0 Å². The molecule has 0 fully saturated rings. The summed E-state index contributed by atoms with van der Waals surface area (Å²) in [6, 6.07) is 22.0. The van der Waals surface area contributed by atoms with Gasteiger partial charge in [0.2, 0.25) is 0 Å². The molecule has 0 bridgehead atoms. The Balaban J connectivity index is 1.81. The molecule has 0 saturated heterocycles. The second-order valence-electron chi connectivity index (χ2n) is 5.02. The second kappa shape index (κ2) is 6.87. The Hall–Kier alpha value is -2.65. The van der Waals surface area contributed by atoms with Crippen LogP contribution < -0.4 is 10.5 Å². The van der Waals surface area contributed by atoms with Gasteiger partial charge in [0.1, 0.15) is 12.4 Å². The molecule has 0 saturated carbocycles. The topological polar surface area (TPSA) is 48.1 Å². The molecule has 0 aliphatic heterocycles. The fourth-order valence-electron chi connectivity index (χ4n) is 2.34. The highest BCUT2D eigenvalue weighted by atomic mass is 16.5. The SMILES string of the molecule is NCc1cccnc1-c1cccc(OCc2ccccc2)c1. The first-order valence-electron chi connectivity index (χ1n) is 7.28. The number of nitrogens with zero attached hydrogens (tertiary/aromatic N) is 1. The highest BCUT2D eigenvalue weighted by Gasteiger charge is 2.06. The second-order valence-corrected chi connectivity index (χ2v) is 5.02.